The van der Waals surface area contributed by atoms with E-state index in [1.54, 1.807) is 32.4 Å². The predicted molar refractivity (Wildman–Crippen MR) is 203 cm³/mol. The van der Waals surface area contributed by atoms with Crippen molar-refractivity contribution in [3.8, 4) is 0 Å². The van der Waals surface area contributed by atoms with Crippen LogP contribution in [0.2, 0.25) is 0 Å². The van der Waals surface area contributed by atoms with Crippen LogP contribution in [-0.4, -0.2) is 71.7 Å². The lowest BCUT2D eigenvalue weighted by Crippen LogP contribution is -2.39. The van der Waals surface area contributed by atoms with Crippen LogP contribution in [0.3, 0.4) is 0 Å². The van der Waals surface area contributed by atoms with Gasteiger partial charge in [-0.15, -0.1) is 0 Å². The summed E-state index contributed by atoms with van der Waals surface area (Å²) in [6.45, 7) is 0.284. The van der Waals surface area contributed by atoms with Crippen molar-refractivity contribution >= 4 is 28.8 Å². The van der Waals surface area contributed by atoms with Gasteiger partial charge in [0.05, 0.1) is 17.6 Å². The Morgan fingerprint density at radius 1 is 0.904 bits per heavy atom. The first-order valence-corrected chi connectivity index (χ1v) is 18.7. The molecule has 3 aromatic rings. The summed E-state index contributed by atoms with van der Waals surface area (Å²) < 4.78 is 20.0. The number of carbonyl (C=O) groups is 3. The van der Waals surface area contributed by atoms with Crippen LogP contribution < -0.4 is 10.9 Å². The average Bonchev–Trinajstić information content (AvgIpc) is 3.11. The number of pyridine rings is 2. The highest BCUT2D eigenvalue weighted by Crippen LogP contribution is 2.24. The number of nitrogens with zero attached hydrogens (tertiary/aromatic N) is 3. The number of allylic oxidation sites excluding steroid dienone is 2. The normalized spacial score (nSPS) is 11.4. The minimum Gasteiger partial charge on any atom is -0.481 e. The minimum atomic E-state index is -0.713. The van der Waals surface area contributed by atoms with E-state index in [1.807, 2.05) is 6.07 Å². The van der Waals surface area contributed by atoms with E-state index in [2.05, 4.69) is 17.5 Å². The van der Waals surface area contributed by atoms with E-state index in [9.17, 15) is 23.6 Å². The first-order valence-electron chi connectivity index (χ1n) is 18.7. The molecule has 284 valence electrons. The fraction of sp³-hybridized carbons (Fsp3) is 0.537. The van der Waals surface area contributed by atoms with Crippen LogP contribution in [-0.2, 0) is 33.7 Å². The topological polar surface area (TPSA) is 131 Å². The fourth-order valence-electron chi connectivity index (χ4n) is 6.20. The van der Waals surface area contributed by atoms with E-state index in [-0.39, 0.29) is 36.8 Å². The van der Waals surface area contributed by atoms with Crippen molar-refractivity contribution in [2.45, 2.75) is 109 Å². The van der Waals surface area contributed by atoms with E-state index in [1.165, 1.54) is 28.7 Å². The summed E-state index contributed by atoms with van der Waals surface area (Å²) in [4.78, 5) is 57.4. The van der Waals surface area contributed by atoms with E-state index < -0.39 is 17.4 Å². The maximum absolute atomic E-state index is 14.1. The van der Waals surface area contributed by atoms with Crippen LogP contribution in [0.15, 0.2) is 53.5 Å². The third-order valence-electron chi connectivity index (χ3n) is 9.17. The van der Waals surface area contributed by atoms with Gasteiger partial charge in [0.2, 0.25) is 5.91 Å². The number of ether oxygens (including phenoxy) is 1. The van der Waals surface area contributed by atoms with E-state index in [0.29, 0.717) is 36.0 Å². The van der Waals surface area contributed by atoms with Crippen molar-refractivity contribution in [3.63, 3.8) is 0 Å². The van der Waals surface area contributed by atoms with Crippen molar-refractivity contribution in [2.75, 3.05) is 34.4 Å². The summed E-state index contributed by atoms with van der Waals surface area (Å²) >= 11 is 0. The molecule has 0 spiro atoms. The molecule has 2 amide bonds. The molecule has 3 rings (SSSR count). The van der Waals surface area contributed by atoms with Crippen LogP contribution in [0, 0.1) is 5.82 Å². The molecule has 2 heterocycles. The molecule has 2 N–H and O–H groups in total. The van der Waals surface area contributed by atoms with Crippen LogP contribution in [0.5, 0.6) is 0 Å². The highest BCUT2D eigenvalue weighted by molar-refractivity contribution is 5.99. The molecule has 11 heteroatoms. The molecule has 0 saturated carbocycles. The van der Waals surface area contributed by atoms with Crippen molar-refractivity contribution in [3.05, 3.63) is 87.1 Å². The number of aliphatic carboxylic acids is 1. The first kappa shape index (κ1) is 42.0. The van der Waals surface area contributed by atoms with Gasteiger partial charge in [0, 0.05) is 40.4 Å². The lowest BCUT2D eigenvalue weighted by atomic mass is 9.97. The number of hydrogen-bond donors (Lipinski definition) is 2. The SMILES string of the molecule is COCCNC(=O)c1c(CCCCCCCC/C=C\CCCCCCCC(=O)O)c2ncc(Cc3ccc(F)cc3)cc2n(CC(=O)N(C)C)c1=O. The number of carboxylic acid groups (broad SMARTS) is 1. The highest BCUT2D eigenvalue weighted by atomic mass is 19.1. The molecule has 0 unspecified atom stereocenters. The number of aromatic nitrogens is 2. The molecular formula is C41H57FN4O6. The Morgan fingerprint density at radius 3 is 2.13 bits per heavy atom. The Kier molecular flexibility index (Phi) is 18.8. The van der Waals surface area contributed by atoms with Crippen LogP contribution >= 0.6 is 0 Å². The number of amides is 2. The number of halogens is 1. The molecule has 0 saturated heterocycles. The molecule has 0 atom stereocenters. The number of likely N-dealkylation sites (N-methyl/N-ethyl adjacent to an activating group) is 1. The highest BCUT2D eigenvalue weighted by Gasteiger charge is 2.24. The molecule has 10 nitrogen and oxygen atoms in total. The maximum Gasteiger partial charge on any atom is 0.303 e. The molecule has 0 fully saturated rings. The van der Waals surface area contributed by atoms with Gasteiger partial charge in [-0.25, -0.2) is 4.39 Å². The van der Waals surface area contributed by atoms with Gasteiger partial charge in [0.25, 0.3) is 11.5 Å². The fourth-order valence-corrected chi connectivity index (χ4v) is 6.20. The number of rotatable bonds is 25. The van der Waals surface area contributed by atoms with E-state index in [4.69, 9.17) is 14.8 Å². The Balaban J connectivity index is 1.67. The second-order valence-corrected chi connectivity index (χ2v) is 13.6. The zero-order valence-electron chi connectivity index (χ0n) is 31.3. The molecule has 0 bridgehead atoms. The Morgan fingerprint density at radius 2 is 1.52 bits per heavy atom. The number of nitrogens with one attached hydrogen (secondary N) is 1. The van der Waals surface area contributed by atoms with Crippen molar-refractivity contribution < 1.29 is 28.6 Å². The smallest absolute Gasteiger partial charge is 0.303 e. The van der Waals surface area contributed by atoms with Gasteiger partial charge in [-0.05, 0) is 86.3 Å². The average molecular weight is 721 g/mol. The summed E-state index contributed by atoms with van der Waals surface area (Å²) in [5.74, 6) is -1.83. The largest absolute Gasteiger partial charge is 0.481 e. The summed E-state index contributed by atoms with van der Waals surface area (Å²) in [6, 6.07) is 8.07. The molecule has 52 heavy (non-hydrogen) atoms. The van der Waals surface area contributed by atoms with Gasteiger partial charge >= 0.3 is 5.97 Å². The molecular weight excluding hydrogens is 663 g/mol. The van der Waals surface area contributed by atoms with Crippen LogP contribution in [0.25, 0.3) is 11.0 Å². The number of fused-ring (bicyclic) bond motifs is 1. The zero-order chi connectivity index (χ0) is 37.7. The molecule has 1 aromatic carbocycles. The van der Waals surface area contributed by atoms with E-state index >= 15 is 0 Å². The summed E-state index contributed by atoms with van der Waals surface area (Å²) in [5, 5.41) is 11.5. The van der Waals surface area contributed by atoms with Crippen molar-refractivity contribution in [1.29, 1.82) is 0 Å². The van der Waals surface area contributed by atoms with Crippen LogP contribution in [0.4, 0.5) is 4.39 Å². The first-order chi connectivity index (χ1) is 25.1. The summed E-state index contributed by atoms with van der Waals surface area (Å²) in [6.07, 6.45) is 20.9. The molecule has 0 aliphatic heterocycles. The Hall–Kier alpha value is -4.38. The number of unbranched alkanes of at least 4 members (excludes halogenated alkanes) is 11. The van der Waals surface area contributed by atoms with Gasteiger partial charge in [0.15, 0.2) is 0 Å². The summed E-state index contributed by atoms with van der Waals surface area (Å²) in [7, 11) is 4.78. The number of benzene rings is 1. The van der Waals surface area contributed by atoms with Crippen molar-refractivity contribution in [1.82, 2.24) is 19.8 Å². The number of carbonyl (C=O) groups excluding carboxylic acids is 2. The third-order valence-corrected chi connectivity index (χ3v) is 9.17. The van der Waals surface area contributed by atoms with Gasteiger partial charge in [-0.3, -0.25) is 28.7 Å². The quantitative estimate of drug-likeness (QED) is 0.0698. The number of methoxy groups -OCH3 is 1. The summed E-state index contributed by atoms with van der Waals surface area (Å²) in [5.41, 5.74) is 2.76. The van der Waals surface area contributed by atoms with Crippen molar-refractivity contribution in [2.24, 2.45) is 0 Å². The van der Waals surface area contributed by atoms with E-state index in [0.717, 1.165) is 94.6 Å². The van der Waals surface area contributed by atoms with Gasteiger partial charge in [-0.2, -0.15) is 0 Å². The van der Waals surface area contributed by atoms with Gasteiger partial charge in [0.1, 0.15) is 17.9 Å². The lowest BCUT2D eigenvalue weighted by molar-refractivity contribution is -0.137. The van der Waals surface area contributed by atoms with Gasteiger partial charge < -0.3 is 20.1 Å². The molecule has 0 aliphatic rings. The minimum absolute atomic E-state index is 0.0129. The number of hydrogen-bond acceptors (Lipinski definition) is 6. The molecule has 2 aromatic heterocycles. The standard InChI is InChI=1S/C41H57FN4O6/c1-45(2)36(47)30-46-35-28-32(27-31-21-23-33(42)24-22-31)29-44-39(35)34(38(41(46)51)40(50)43-25-26-52-3)19-17-15-13-11-9-7-5-4-6-8-10-12-14-16-18-20-37(48)49/h4,6,21-24,28-29H,5,7-20,25-27,30H2,1-3H3,(H,43,50)(H,48,49)/b6-4-. The maximum atomic E-state index is 14.1. The zero-order valence-corrected chi connectivity index (χ0v) is 31.3. The number of aryl methyl sites for hydroxylation is 1. The Bertz CT molecular complexity index is 1670. The van der Waals surface area contributed by atoms with Gasteiger partial charge in [-0.1, -0.05) is 69.2 Å². The third kappa shape index (κ3) is 14.3. The lowest BCUT2D eigenvalue weighted by Gasteiger charge is -2.19. The second kappa shape index (κ2) is 23.2. The molecule has 0 aliphatic carbocycles. The molecule has 0 radical (unpaired) electrons. The predicted octanol–water partition coefficient (Wildman–Crippen LogP) is 7.24. The second-order valence-electron chi connectivity index (χ2n) is 13.6. The monoisotopic (exact) mass is 720 g/mol. The number of carboxylic acids is 1. The van der Waals surface area contributed by atoms with Crippen LogP contribution in [0.1, 0.15) is 117 Å². The Labute approximate surface area is 307 Å².